The first-order valence-corrected chi connectivity index (χ1v) is 2.94. The Morgan fingerprint density at radius 3 is 2.70 bits per heavy atom. The summed E-state index contributed by atoms with van der Waals surface area (Å²) in [5, 5.41) is 8.25. The highest BCUT2D eigenvalue weighted by atomic mass is 16.5. The summed E-state index contributed by atoms with van der Waals surface area (Å²) in [6.07, 6.45) is 0. The minimum Gasteiger partial charge on any atom is -0.480 e. The molecule has 60 valence electrons. The van der Waals surface area contributed by atoms with Crippen LogP contribution in [-0.4, -0.2) is 36.9 Å². The number of aliphatic carboxylic acids is 1. The molecule has 0 bridgehead atoms. The highest BCUT2D eigenvalue weighted by molar-refractivity contribution is 5.73. The van der Waals surface area contributed by atoms with Gasteiger partial charge in [-0.1, -0.05) is 0 Å². The molecule has 0 radical (unpaired) electrons. The monoisotopic (exact) mass is 148 g/mol. The SMILES string of the molecule is NCCOCC(N)C(=O)O. The number of ether oxygens (including phenoxy) is 1. The standard InChI is InChI=1S/C5H12N2O3/c6-1-2-10-3-4(7)5(8)9/h4H,1-3,6-7H2,(H,8,9). The van der Waals surface area contributed by atoms with Gasteiger partial charge in [0.15, 0.2) is 0 Å². The zero-order chi connectivity index (χ0) is 7.98. The summed E-state index contributed by atoms with van der Waals surface area (Å²) in [4.78, 5) is 10.1. The normalized spacial score (nSPS) is 13.0. The van der Waals surface area contributed by atoms with Crippen LogP contribution in [0, 0.1) is 0 Å². The van der Waals surface area contributed by atoms with Crippen LogP contribution in [-0.2, 0) is 9.53 Å². The summed E-state index contributed by atoms with van der Waals surface area (Å²) in [6, 6.07) is -0.938. The molecule has 0 aliphatic carbocycles. The molecule has 0 aromatic heterocycles. The molecular formula is C5H12N2O3. The Hall–Kier alpha value is -0.650. The molecule has 0 spiro atoms. The van der Waals surface area contributed by atoms with Gasteiger partial charge in [0, 0.05) is 6.54 Å². The van der Waals surface area contributed by atoms with Gasteiger partial charge in [0.25, 0.3) is 0 Å². The Kier molecular flexibility index (Phi) is 4.82. The summed E-state index contributed by atoms with van der Waals surface area (Å²) in [5.74, 6) is -1.06. The molecule has 5 N–H and O–H groups in total. The molecule has 0 aromatic rings. The lowest BCUT2D eigenvalue weighted by atomic mass is 10.3. The van der Waals surface area contributed by atoms with Crippen LogP contribution in [0.25, 0.3) is 0 Å². The molecule has 1 atom stereocenters. The zero-order valence-corrected chi connectivity index (χ0v) is 5.62. The van der Waals surface area contributed by atoms with Gasteiger partial charge in [-0.2, -0.15) is 0 Å². The Labute approximate surface area is 58.9 Å². The van der Waals surface area contributed by atoms with Crippen LogP contribution in [0.4, 0.5) is 0 Å². The van der Waals surface area contributed by atoms with E-state index >= 15 is 0 Å². The van der Waals surface area contributed by atoms with Gasteiger partial charge in [-0.25, -0.2) is 0 Å². The number of carbonyl (C=O) groups is 1. The third-order valence-electron chi connectivity index (χ3n) is 0.877. The Balaban J connectivity index is 3.21. The number of hydrogen-bond acceptors (Lipinski definition) is 4. The van der Waals surface area contributed by atoms with Crippen molar-refractivity contribution in [2.75, 3.05) is 19.8 Å². The molecule has 0 aliphatic heterocycles. The van der Waals surface area contributed by atoms with Crippen molar-refractivity contribution >= 4 is 5.97 Å². The van der Waals surface area contributed by atoms with Crippen molar-refractivity contribution < 1.29 is 14.6 Å². The van der Waals surface area contributed by atoms with Crippen LogP contribution in [0.15, 0.2) is 0 Å². The zero-order valence-electron chi connectivity index (χ0n) is 5.62. The van der Waals surface area contributed by atoms with E-state index < -0.39 is 12.0 Å². The van der Waals surface area contributed by atoms with E-state index in [9.17, 15) is 4.79 Å². The van der Waals surface area contributed by atoms with Gasteiger partial charge >= 0.3 is 5.97 Å². The minimum absolute atomic E-state index is 0.0204. The maximum Gasteiger partial charge on any atom is 0.322 e. The topological polar surface area (TPSA) is 98.6 Å². The predicted octanol–water partition coefficient (Wildman–Crippen LogP) is -1.63. The summed E-state index contributed by atoms with van der Waals surface area (Å²) < 4.78 is 4.78. The molecule has 5 nitrogen and oxygen atoms in total. The summed E-state index contributed by atoms with van der Waals surface area (Å²) in [6.45, 7) is 0.750. The van der Waals surface area contributed by atoms with E-state index in [2.05, 4.69) is 0 Å². The molecule has 0 amide bonds. The summed E-state index contributed by atoms with van der Waals surface area (Å²) in [5.41, 5.74) is 10.2. The minimum atomic E-state index is -1.06. The van der Waals surface area contributed by atoms with Gasteiger partial charge < -0.3 is 21.3 Å². The van der Waals surface area contributed by atoms with E-state index in [0.717, 1.165) is 0 Å². The molecule has 0 saturated heterocycles. The molecule has 0 aliphatic rings. The maximum absolute atomic E-state index is 10.1. The largest absolute Gasteiger partial charge is 0.480 e. The molecule has 0 aromatic carbocycles. The second kappa shape index (κ2) is 5.16. The highest BCUT2D eigenvalue weighted by Gasteiger charge is 2.09. The number of carboxylic acid groups (broad SMARTS) is 1. The van der Waals surface area contributed by atoms with Gasteiger partial charge in [-0.3, -0.25) is 4.79 Å². The first-order valence-electron chi connectivity index (χ1n) is 2.94. The lowest BCUT2D eigenvalue weighted by Crippen LogP contribution is -2.35. The number of carboxylic acids is 1. The molecule has 5 heteroatoms. The molecule has 0 heterocycles. The predicted molar refractivity (Wildman–Crippen MR) is 35.5 cm³/mol. The van der Waals surface area contributed by atoms with Gasteiger partial charge in [0.2, 0.25) is 0 Å². The maximum atomic E-state index is 10.1. The Morgan fingerprint density at radius 1 is 1.70 bits per heavy atom. The lowest BCUT2D eigenvalue weighted by molar-refractivity contribution is -0.139. The van der Waals surface area contributed by atoms with E-state index in [1.54, 1.807) is 0 Å². The van der Waals surface area contributed by atoms with E-state index in [0.29, 0.717) is 13.2 Å². The number of rotatable bonds is 5. The molecule has 0 saturated carbocycles. The summed E-state index contributed by atoms with van der Waals surface area (Å²) >= 11 is 0. The van der Waals surface area contributed by atoms with Crippen molar-refractivity contribution in [3.63, 3.8) is 0 Å². The lowest BCUT2D eigenvalue weighted by Gasteiger charge is -2.05. The van der Waals surface area contributed by atoms with Crippen LogP contribution >= 0.6 is 0 Å². The number of hydrogen-bond donors (Lipinski definition) is 3. The summed E-state index contributed by atoms with van der Waals surface area (Å²) in [7, 11) is 0. The van der Waals surface area contributed by atoms with Gasteiger partial charge in [0.05, 0.1) is 13.2 Å². The van der Waals surface area contributed by atoms with Gasteiger partial charge in [-0.05, 0) is 0 Å². The van der Waals surface area contributed by atoms with E-state index in [4.69, 9.17) is 21.3 Å². The van der Waals surface area contributed by atoms with Crippen molar-refractivity contribution in [1.29, 1.82) is 0 Å². The van der Waals surface area contributed by atoms with Crippen molar-refractivity contribution in [2.45, 2.75) is 6.04 Å². The first kappa shape index (κ1) is 9.35. The van der Waals surface area contributed by atoms with Crippen molar-refractivity contribution in [3.05, 3.63) is 0 Å². The fourth-order valence-corrected chi connectivity index (χ4v) is 0.365. The molecule has 0 fully saturated rings. The third-order valence-corrected chi connectivity index (χ3v) is 0.877. The molecule has 0 rings (SSSR count). The van der Waals surface area contributed by atoms with E-state index in [1.165, 1.54) is 0 Å². The van der Waals surface area contributed by atoms with Gasteiger partial charge in [0.1, 0.15) is 6.04 Å². The smallest absolute Gasteiger partial charge is 0.322 e. The van der Waals surface area contributed by atoms with Crippen LogP contribution in [0.5, 0.6) is 0 Å². The average Bonchev–Trinajstić information content (AvgIpc) is 1.88. The van der Waals surface area contributed by atoms with Gasteiger partial charge in [-0.15, -0.1) is 0 Å². The molecule has 1 unspecified atom stereocenters. The van der Waals surface area contributed by atoms with E-state index in [1.807, 2.05) is 0 Å². The van der Waals surface area contributed by atoms with Crippen LogP contribution in [0.3, 0.4) is 0 Å². The van der Waals surface area contributed by atoms with Crippen LogP contribution in [0.1, 0.15) is 0 Å². The fourth-order valence-electron chi connectivity index (χ4n) is 0.365. The Morgan fingerprint density at radius 2 is 2.30 bits per heavy atom. The third kappa shape index (κ3) is 4.25. The first-order chi connectivity index (χ1) is 4.68. The number of nitrogens with two attached hydrogens (primary N) is 2. The van der Waals surface area contributed by atoms with Crippen molar-refractivity contribution in [3.8, 4) is 0 Å². The van der Waals surface area contributed by atoms with Crippen molar-refractivity contribution in [1.82, 2.24) is 0 Å². The molecular weight excluding hydrogens is 136 g/mol. The van der Waals surface area contributed by atoms with Crippen LogP contribution in [0.2, 0.25) is 0 Å². The highest BCUT2D eigenvalue weighted by Crippen LogP contribution is 1.80. The van der Waals surface area contributed by atoms with Crippen LogP contribution < -0.4 is 11.5 Å². The average molecular weight is 148 g/mol. The van der Waals surface area contributed by atoms with Crippen molar-refractivity contribution in [2.24, 2.45) is 11.5 Å². The Bertz CT molecular complexity index is 107. The second-order valence-corrected chi connectivity index (χ2v) is 1.81. The van der Waals surface area contributed by atoms with E-state index in [-0.39, 0.29) is 6.61 Å². The molecule has 10 heavy (non-hydrogen) atoms. The fraction of sp³-hybridized carbons (Fsp3) is 0.800. The second-order valence-electron chi connectivity index (χ2n) is 1.81. The quantitative estimate of drug-likeness (QED) is 0.407.